The molecule has 0 spiro atoms. The number of carbonyl (C=O) groups is 1. The maximum absolute atomic E-state index is 10.9. The minimum atomic E-state index is -0.993. The van der Waals surface area contributed by atoms with Crippen molar-refractivity contribution < 1.29 is 14.6 Å². The van der Waals surface area contributed by atoms with Crippen LogP contribution in [0.25, 0.3) is 0 Å². The summed E-state index contributed by atoms with van der Waals surface area (Å²) in [4.78, 5) is 15.0. The number of nitrogens with zero attached hydrogens (tertiary/aromatic N) is 1. The maximum Gasteiger partial charge on any atom is 0.335 e. The van der Waals surface area contributed by atoms with E-state index in [9.17, 15) is 4.79 Å². The summed E-state index contributed by atoms with van der Waals surface area (Å²) in [7, 11) is 0. The van der Waals surface area contributed by atoms with Crippen LogP contribution in [0, 0.1) is 6.92 Å². The molecule has 2 rings (SSSR count). The van der Waals surface area contributed by atoms with Gasteiger partial charge in [-0.25, -0.2) is 4.79 Å². The van der Waals surface area contributed by atoms with E-state index in [1.54, 1.807) is 24.4 Å². The first-order valence-electron chi connectivity index (χ1n) is 5.19. The van der Waals surface area contributed by atoms with Crippen LogP contribution in [0.15, 0.2) is 41.0 Å². The Balaban J connectivity index is 2.31. The molecule has 0 saturated heterocycles. The van der Waals surface area contributed by atoms with Gasteiger partial charge in [0.25, 0.3) is 0 Å². The van der Waals surface area contributed by atoms with Gasteiger partial charge in [-0.3, -0.25) is 4.98 Å². The summed E-state index contributed by atoms with van der Waals surface area (Å²) in [5.41, 5.74) is 1.01. The average molecular weight is 308 g/mol. The average Bonchev–Trinajstić information content (AvgIpc) is 2.28. The number of hydrogen-bond acceptors (Lipinski definition) is 3. The van der Waals surface area contributed by atoms with E-state index in [0.717, 1.165) is 5.69 Å². The van der Waals surface area contributed by atoms with Crippen molar-refractivity contribution in [3.05, 3.63) is 52.3 Å². The lowest BCUT2D eigenvalue weighted by Crippen LogP contribution is -1.97. The van der Waals surface area contributed by atoms with Crippen LogP contribution in [0.2, 0.25) is 0 Å². The van der Waals surface area contributed by atoms with Crippen LogP contribution in [0.5, 0.6) is 11.5 Å². The molecule has 0 saturated carbocycles. The zero-order valence-electron chi connectivity index (χ0n) is 9.55. The Kier molecular flexibility index (Phi) is 3.62. The number of pyridine rings is 1. The second kappa shape index (κ2) is 5.18. The van der Waals surface area contributed by atoms with Crippen molar-refractivity contribution in [1.29, 1.82) is 0 Å². The smallest absolute Gasteiger partial charge is 0.335 e. The van der Waals surface area contributed by atoms with Crippen LogP contribution >= 0.6 is 15.9 Å². The molecule has 0 radical (unpaired) electrons. The number of rotatable bonds is 3. The Morgan fingerprint density at radius 2 is 2.06 bits per heavy atom. The highest BCUT2D eigenvalue weighted by Crippen LogP contribution is 2.26. The van der Waals surface area contributed by atoms with E-state index in [2.05, 4.69) is 20.9 Å². The summed E-state index contributed by atoms with van der Waals surface area (Å²) >= 11 is 3.25. The molecule has 0 unspecified atom stereocenters. The zero-order chi connectivity index (χ0) is 13.1. The number of aromatic carboxylic acids is 1. The quantitative estimate of drug-likeness (QED) is 0.940. The minimum Gasteiger partial charge on any atom is -0.478 e. The van der Waals surface area contributed by atoms with Gasteiger partial charge in [-0.15, -0.1) is 0 Å². The van der Waals surface area contributed by atoms with Gasteiger partial charge in [0, 0.05) is 22.4 Å². The molecule has 0 aliphatic heterocycles. The summed E-state index contributed by atoms with van der Waals surface area (Å²) < 4.78 is 6.25. The van der Waals surface area contributed by atoms with Gasteiger partial charge in [0.05, 0.1) is 5.56 Å². The predicted molar refractivity (Wildman–Crippen MR) is 70.1 cm³/mol. The molecule has 4 nitrogen and oxygen atoms in total. The van der Waals surface area contributed by atoms with Gasteiger partial charge in [0.15, 0.2) is 0 Å². The molecule has 1 aromatic heterocycles. The lowest BCUT2D eigenvalue weighted by molar-refractivity contribution is 0.0696. The summed E-state index contributed by atoms with van der Waals surface area (Å²) in [5, 5.41) is 8.96. The van der Waals surface area contributed by atoms with Crippen molar-refractivity contribution in [3.63, 3.8) is 0 Å². The standard InChI is InChI=1S/C13H10BrNO3/c1-8-4-11(2-3-15-8)18-12-6-9(13(16)17)5-10(14)7-12/h2-7H,1H3,(H,16,17). The van der Waals surface area contributed by atoms with Gasteiger partial charge in [-0.05, 0) is 31.2 Å². The zero-order valence-corrected chi connectivity index (χ0v) is 11.1. The highest BCUT2D eigenvalue weighted by Gasteiger charge is 2.07. The van der Waals surface area contributed by atoms with E-state index in [4.69, 9.17) is 9.84 Å². The largest absolute Gasteiger partial charge is 0.478 e. The number of hydrogen-bond donors (Lipinski definition) is 1. The van der Waals surface area contributed by atoms with Crippen LogP contribution in [0.1, 0.15) is 16.1 Å². The topological polar surface area (TPSA) is 59.4 Å². The van der Waals surface area contributed by atoms with Crippen LogP contribution in [0.4, 0.5) is 0 Å². The monoisotopic (exact) mass is 307 g/mol. The molecule has 1 heterocycles. The first-order valence-corrected chi connectivity index (χ1v) is 5.98. The SMILES string of the molecule is Cc1cc(Oc2cc(Br)cc(C(=O)O)c2)ccn1. The van der Waals surface area contributed by atoms with Gasteiger partial charge >= 0.3 is 5.97 Å². The van der Waals surface area contributed by atoms with Crippen molar-refractivity contribution in [2.24, 2.45) is 0 Å². The first kappa shape index (κ1) is 12.6. The first-order chi connectivity index (χ1) is 8.54. The molecule has 2 aromatic rings. The fourth-order valence-corrected chi connectivity index (χ4v) is 1.94. The summed E-state index contributed by atoms with van der Waals surface area (Å²) in [6.07, 6.45) is 1.64. The predicted octanol–water partition coefficient (Wildman–Crippen LogP) is 3.64. The lowest BCUT2D eigenvalue weighted by Gasteiger charge is -2.07. The molecule has 1 N–H and O–H groups in total. The second-order valence-corrected chi connectivity index (χ2v) is 4.63. The number of carboxylic acids is 1. The van der Waals surface area contributed by atoms with Gasteiger partial charge < -0.3 is 9.84 Å². The number of halogens is 1. The van der Waals surface area contributed by atoms with E-state index in [1.165, 1.54) is 12.1 Å². The van der Waals surface area contributed by atoms with E-state index in [0.29, 0.717) is 16.0 Å². The fraction of sp³-hybridized carbons (Fsp3) is 0.0769. The molecule has 0 bridgehead atoms. The Bertz CT molecular complexity index is 599. The van der Waals surface area contributed by atoms with Gasteiger partial charge in [-0.2, -0.15) is 0 Å². The van der Waals surface area contributed by atoms with E-state index >= 15 is 0 Å². The normalized spacial score (nSPS) is 10.1. The van der Waals surface area contributed by atoms with Crippen molar-refractivity contribution in [3.8, 4) is 11.5 Å². The third-order valence-corrected chi connectivity index (χ3v) is 2.68. The molecular formula is C13H10BrNO3. The molecule has 18 heavy (non-hydrogen) atoms. The van der Waals surface area contributed by atoms with Crippen molar-refractivity contribution >= 4 is 21.9 Å². The maximum atomic E-state index is 10.9. The third-order valence-electron chi connectivity index (χ3n) is 2.22. The van der Waals surface area contributed by atoms with Crippen LogP contribution in [-0.2, 0) is 0 Å². The van der Waals surface area contributed by atoms with Crippen LogP contribution in [0.3, 0.4) is 0 Å². The van der Waals surface area contributed by atoms with E-state index in [-0.39, 0.29) is 5.56 Å². The number of ether oxygens (including phenoxy) is 1. The Hall–Kier alpha value is -1.88. The molecule has 5 heteroatoms. The van der Waals surface area contributed by atoms with E-state index < -0.39 is 5.97 Å². The molecule has 0 fully saturated rings. The van der Waals surface area contributed by atoms with Crippen LogP contribution in [-0.4, -0.2) is 16.1 Å². The minimum absolute atomic E-state index is 0.171. The molecule has 1 aromatic carbocycles. The lowest BCUT2D eigenvalue weighted by atomic mass is 10.2. The van der Waals surface area contributed by atoms with E-state index in [1.807, 2.05) is 6.92 Å². The Morgan fingerprint density at radius 1 is 1.28 bits per heavy atom. The van der Waals surface area contributed by atoms with Gasteiger partial charge in [-0.1, -0.05) is 15.9 Å². The molecule has 0 aliphatic rings. The fourth-order valence-electron chi connectivity index (χ4n) is 1.46. The van der Waals surface area contributed by atoms with Crippen molar-refractivity contribution in [1.82, 2.24) is 4.98 Å². The Labute approximate surface area is 112 Å². The number of benzene rings is 1. The second-order valence-electron chi connectivity index (χ2n) is 3.72. The van der Waals surface area contributed by atoms with Crippen LogP contribution < -0.4 is 4.74 Å². The third kappa shape index (κ3) is 3.07. The molecule has 92 valence electrons. The highest BCUT2D eigenvalue weighted by atomic mass is 79.9. The molecular weight excluding hydrogens is 298 g/mol. The summed E-state index contributed by atoms with van der Waals surface area (Å²) in [5.74, 6) is 0.0939. The van der Waals surface area contributed by atoms with Crippen molar-refractivity contribution in [2.75, 3.05) is 0 Å². The molecule has 0 amide bonds. The summed E-state index contributed by atoms with van der Waals surface area (Å²) in [6, 6.07) is 8.20. The molecule has 0 atom stereocenters. The molecule has 0 aliphatic carbocycles. The number of carboxylic acid groups (broad SMARTS) is 1. The van der Waals surface area contributed by atoms with Gasteiger partial charge in [0.1, 0.15) is 11.5 Å². The number of aromatic nitrogens is 1. The number of aryl methyl sites for hydroxylation is 1. The highest BCUT2D eigenvalue weighted by molar-refractivity contribution is 9.10. The van der Waals surface area contributed by atoms with Gasteiger partial charge in [0.2, 0.25) is 0 Å². The Morgan fingerprint density at radius 3 is 2.72 bits per heavy atom. The van der Waals surface area contributed by atoms with Crippen molar-refractivity contribution in [2.45, 2.75) is 6.92 Å². The summed E-state index contributed by atoms with van der Waals surface area (Å²) in [6.45, 7) is 1.86.